The van der Waals surface area contributed by atoms with E-state index in [1.54, 1.807) is 6.07 Å². The Morgan fingerprint density at radius 3 is 2.70 bits per heavy atom. The number of anilines is 1. The Morgan fingerprint density at radius 2 is 1.95 bits per heavy atom. The van der Waals surface area contributed by atoms with Crippen molar-refractivity contribution in [1.82, 2.24) is 5.32 Å². The summed E-state index contributed by atoms with van der Waals surface area (Å²) in [4.78, 5) is 2.34. The van der Waals surface area contributed by atoms with Crippen LogP contribution in [-0.2, 0) is 0 Å². The van der Waals surface area contributed by atoms with Gasteiger partial charge in [-0.3, -0.25) is 0 Å². The average Bonchev–Trinajstić information content (AvgIpc) is 2.49. The lowest BCUT2D eigenvalue weighted by Crippen LogP contribution is -2.49. The third-order valence-corrected chi connectivity index (χ3v) is 3.87. The van der Waals surface area contributed by atoms with Crippen molar-refractivity contribution >= 4 is 5.69 Å². The van der Waals surface area contributed by atoms with E-state index in [1.165, 1.54) is 0 Å². The summed E-state index contributed by atoms with van der Waals surface area (Å²) in [5.74, 6) is -0.164. The third-order valence-electron chi connectivity index (χ3n) is 3.87. The second-order valence-corrected chi connectivity index (χ2v) is 5.28. The van der Waals surface area contributed by atoms with Crippen LogP contribution in [0.4, 0.5) is 10.1 Å². The van der Waals surface area contributed by atoms with Crippen molar-refractivity contribution in [2.24, 2.45) is 0 Å². The molecule has 1 N–H and O–H groups in total. The normalized spacial score (nSPS) is 19.1. The van der Waals surface area contributed by atoms with Crippen molar-refractivity contribution in [2.75, 3.05) is 24.5 Å². The minimum absolute atomic E-state index is 0.164. The quantitative estimate of drug-likeness (QED) is 0.901. The number of rotatable bonds is 2. The molecular weight excluding hydrogens is 251 g/mol. The zero-order valence-corrected chi connectivity index (χ0v) is 11.6. The van der Waals surface area contributed by atoms with Gasteiger partial charge in [-0.15, -0.1) is 0 Å². The highest BCUT2D eigenvalue weighted by molar-refractivity contribution is 5.69. The molecule has 2 aromatic carbocycles. The fourth-order valence-electron chi connectivity index (χ4n) is 2.76. The summed E-state index contributed by atoms with van der Waals surface area (Å²) in [5.41, 5.74) is 2.70. The van der Waals surface area contributed by atoms with Gasteiger partial charge in [-0.25, -0.2) is 4.39 Å². The highest BCUT2D eigenvalue weighted by atomic mass is 19.1. The van der Waals surface area contributed by atoms with Crippen molar-refractivity contribution in [1.29, 1.82) is 0 Å². The first-order chi connectivity index (χ1) is 9.75. The van der Waals surface area contributed by atoms with Gasteiger partial charge in [0.15, 0.2) is 0 Å². The van der Waals surface area contributed by atoms with Gasteiger partial charge in [0.2, 0.25) is 0 Å². The summed E-state index contributed by atoms with van der Waals surface area (Å²) in [6.07, 6.45) is 0. The predicted octanol–water partition coefficient (Wildman–Crippen LogP) is 3.29. The predicted molar refractivity (Wildman–Crippen MR) is 81.5 cm³/mol. The third kappa shape index (κ3) is 2.54. The van der Waals surface area contributed by atoms with Crippen molar-refractivity contribution in [3.63, 3.8) is 0 Å². The lowest BCUT2D eigenvalue weighted by atomic mass is 10.0. The maximum Gasteiger partial charge on any atom is 0.131 e. The molecule has 20 heavy (non-hydrogen) atoms. The molecule has 0 radical (unpaired) electrons. The fourth-order valence-corrected chi connectivity index (χ4v) is 2.76. The summed E-state index contributed by atoms with van der Waals surface area (Å²) in [6.45, 7) is 5.10. The smallest absolute Gasteiger partial charge is 0.131 e. The molecule has 1 heterocycles. The molecule has 1 saturated heterocycles. The van der Waals surface area contributed by atoms with Gasteiger partial charge >= 0.3 is 0 Å². The Balaban J connectivity index is 1.98. The molecule has 1 aliphatic heterocycles. The number of benzene rings is 2. The van der Waals surface area contributed by atoms with Crippen LogP contribution in [0.1, 0.15) is 6.92 Å². The van der Waals surface area contributed by atoms with E-state index in [9.17, 15) is 4.39 Å². The van der Waals surface area contributed by atoms with Crippen LogP contribution in [0.2, 0.25) is 0 Å². The summed E-state index contributed by atoms with van der Waals surface area (Å²) in [6, 6.07) is 15.6. The van der Waals surface area contributed by atoms with Crippen LogP contribution in [0, 0.1) is 5.82 Å². The standard InChI is InChI=1S/C17H19FN2/c1-13-12-19-9-10-20(13)15-7-8-17(18)16(11-15)14-5-3-2-4-6-14/h2-8,11,13,19H,9-10,12H2,1H3. The van der Waals surface area contributed by atoms with Crippen LogP contribution in [0.5, 0.6) is 0 Å². The van der Waals surface area contributed by atoms with Crippen LogP contribution in [-0.4, -0.2) is 25.7 Å². The van der Waals surface area contributed by atoms with Crippen LogP contribution >= 0.6 is 0 Å². The lowest BCUT2D eigenvalue weighted by Gasteiger charge is -2.36. The van der Waals surface area contributed by atoms with Crippen molar-refractivity contribution in [2.45, 2.75) is 13.0 Å². The van der Waals surface area contributed by atoms with E-state index in [-0.39, 0.29) is 5.82 Å². The number of hydrogen-bond acceptors (Lipinski definition) is 2. The van der Waals surface area contributed by atoms with E-state index in [4.69, 9.17) is 0 Å². The second-order valence-electron chi connectivity index (χ2n) is 5.28. The van der Waals surface area contributed by atoms with Gasteiger partial charge in [-0.1, -0.05) is 30.3 Å². The Labute approximate surface area is 119 Å². The summed E-state index contributed by atoms with van der Waals surface area (Å²) < 4.78 is 14.1. The minimum Gasteiger partial charge on any atom is -0.366 e. The van der Waals surface area contributed by atoms with E-state index < -0.39 is 0 Å². The maximum atomic E-state index is 14.1. The topological polar surface area (TPSA) is 15.3 Å². The maximum absolute atomic E-state index is 14.1. The van der Waals surface area contributed by atoms with E-state index in [0.29, 0.717) is 11.6 Å². The average molecular weight is 270 g/mol. The molecule has 0 amide bonds. The molecule has 0 aromatic heterocycles. The first kappa shape index (κ1) is 13.1. The van der Waals surface area contributed by atoms with Gasteiger partial charge in [0.05, 0.1) is 0 Å². The first-order valence-corrected chi connectivity index (χ1v) is 7.08. The molecule has 2 nitrogen and oxygen atoms in total. The van der Waals surface area contributed by atoms with E-state index in [0.717, 1.165) is 30.9 Å². The zero-order chi connectivity index (χ0) is 13.9. The van der Waals surface area contributed by atoms with Crippen LogP contribution in [0.3, 0.4) is 0 Å². The number of nitrogens with one attached hydrogen (secondary N) is 1. The van der Waals surface area contributed by atoms with Crippen molar-refractivity contribution in [3.8, 4) is 11.1 Å². The largest absolute Gasteiger partial charge is 0.366 e. The molecule has 0 aliphatic carbocycles. The molecular formula is C17H19FN2. The van der Waals surface area contributed by atoms with Gasteiger partial charge < -0.3 is 10.2 Å². The first-order valence-electron chi connectivity index (χ1n) is 7.08. The SMILES string of the molecule is CC1CNCCN1c1ccc(F)c(-c2ccccc2)c1. The Kier molecular flexibility index (Phi) is 3.70. The molecule has 0 bridgehead atoms. The highest BCUT2D eigenvalue weighted by Crippen LogP contribution is 2.28. The van der Waals surface area contributed by atoms with E-state index >= 15 is 0 Å². The van der Waals surface area contributed by atoms with Crippen LogP contribution in [0.25, 0.3) is 11.1 Å². The van der Waals surface area contributed by atoms with Gasteiger partial charge in [-0.05, 0) is 30.7 Å². The monoisotopic (exact) mass is 270 g/mol. The Morgan fingerprint density at radius 1 is 1.15 bits per heavy atom. The Hall–Kier alpha value is -1.87. The van der Waals surface area contributed by atoms with Gasteiger partial charge in [-0.2, -0.15) is 0 Å². The van der Waals surface area contributed by atoms with Crippen molar-refractivity contribution < 1.29 is 4.39 Å². The molecule has 3 rings (SSSR count). The highest BCUT2D eigenvalue weighted by Gasteiger charge is 2.19. The zero-order valence-electron chi connectivity index (χ0n) is 11.6. The summed E-state index contributed by atoms with van der Waals surface area (Å²) >= 11 is 0. The van der Waals surface area contributed by atoms with E-state index in [1.807, 2.05) is 42.5 Å². The molecule has 2 aromatic rings. The molecule has 1 fully saturated rings. The lowest BCUT2D eigenvalue weighted by molar-refractivity contribution is 0.500. The van der Waals surface area contributed by atoms with Crippen LogP contribution in [0.15, 0.2) is 48.5 Å². The fraction of sp³-hybridized carbons (Fsp3) is 0.294. The van der Waals surface area contributed by atoms with Gasteiger partial charge in [0.25, 0.3) is 0 Å². The molecule has 1 aliphatic rings. The molecule has 1 unspecified atom stereocenters. The molecule has 0 spiro atoms. The second kappa shape index (κ2) is 5.63. The summed E-state index contributed by atoms with van der Waals surface area (Å²) in [7, 11) is 0. The minimum atomic E-state index is -0.164. The summed E-state index contributed by atoms with van der Waals surface area (Å²) in [5, 5.41) is 3.38. The molecule has 3 heteroatoms. The van der Waals surface area contributed by atoms with Crippen molar-refractivity contribution in [3.05, 3.63) is 54.3 Å². The molecule has 104 valence electrons. The number of hydrogen-bond donors (Lipinski definition) is 1. The number of halogens is 1. The Bertz CT molecular complexity index is 583. The molecule has 0 saturated carbocycles. The van der Waals surface area contributed by atoms with E-state index in [2.05, 4.69) is 17.1 Å². The van der Waals surface area contributed by atoms with Crippen LogP contribution < -0.4 is 10.2 Å². The van der Waals surface area contributed by atoms with Gasteiger partial charge in [0, 0.05) is 36.9 Å². The van der Waals surface area contributed by atoms with Gasteiger partial charge in [0.1, 0.15) is 5.82 Å². The number of nitrogens with zero attached hydrogens (tertiary/aromatic N) is 1. The molecule has 1 atom stereocenters. The number of piperazine rings is 1.